The van der Waals surface area contributed by atoms with E-state index < -0.39 is 7.80 Å². The van der Waals surface area contributed by atoms with Gasteiger partial charge in [0, 0.05) is 11.7 Å². The van der Waals surface area contributed by atoms with E-state index in [-0.39, 0.29) is 5.52 Å². The summed E-state index contributed by atoms with van der Waals surface area (Å²) in [7, 11) is -2.22. The maximum Gasteiger partial charge on any atom is 0.219 e. The Hall–Kier alpha value is -1.66. The van der Waals surface area contributed by atoms with Gasteiger partial charge in [-0.2, -0.15) is 0 Å². The summed E-state index contributed by atoms with van der Waals surface area (Å²) >= 11 is 0. The van der Waals surface area contributed by atoms with Gasteiger partial charge in [-0.1, -0.05) is 49.2 Å². The minimum Gasteiger partial charge on any atom is -0.318 e. The number of unbranched alkanes of at least 4 members (excludes halogenated alkanes) is 3. The average molecular weight is 370 g/mol. The van der Waals surface area contributed by atoms with Crippen molar-refractivity contribution >= 4 is 13.3 Å². The summed E-state index contributed by atoms with van der Waals surface area (Å²) in [5.41, 5.74) is 6.21. The Bertz CT molecular complexity index is 779. The molecule has 2 aromatic carbocycles. The number of hydrogen-bond acceptors (Lipinski definition) is 2. The molecular weight excluding hydrogens is 339 g/mol. The molecule has 1 unspecified atom stereocenters. The van der Waals surface area contributed by atoms with Crippen molar-refractivity contribution in [1.82, 2.24) is 0 Å². The van der Waals surface area contributed by atoms with Crippen LogP contribution in [-0.4, -0.2) is 11.7 Å². The van der Waals surface area contributed by atoms with Crippen molar-refractivity contribution in [2.45, 2.75) is 59.8 Å². The van der Waals surface area contributed by atoms with Crippen LogP contribution in [0.25, 0.3) is 0 Å². The molecule has 0 aliphatic rings. The average Bonchev–Trinajstić information content (AvgIpc) is 2.63. The van der Waals surface area contributed by atoms with E-state index in [0.29, 0.717) is 11.7 Å². The van der Waals surface area contributed by atoms with Crippen LogP contribution < -0.4 is 0 Å². The molecule has 0 fully saturated rings. The highest BCUT2D eigenvalue weighted by Gasteiger charge is 2.20. The Kier molecular flexibility index (Phi) is 7.85. The lowest BCUT2D eigenvalue weighted by Crippen LogP contribution is -2.05. The molecule has 0 spiro atoms. The Morgan fingerprint density at radius 2 is 1.50 bits per heavy atom. The largest absolute Gasteiger partial charge is 0.318 e. The topological polar surface area (TPSA) is 34.1 Å². The lowest BCUT2D eigenvalue weighted by Gasteiger charge is -2.14. The lowest BCUT2D eigenvalue weighted by molar-refractivity contribution is 0.107. The summed E-state index contributed by atoms with van der Waals surface area (Å²) in [6.07, 6.45) is 5.83. The van der Waals surface area contributed by atoms with Gasteiger partial charge >= 0.3 is 0 Å². The van der Waals surface area contributed by atoms with Gasteiger partial charge in [-0.3, -0.25) is 4.79 Å². The fourth-order valence-electron chi connectivity index (χ4n) is 3.50. The minimum atomic E-state index is -2.22. The summed E-state index contributed by atoms with van der Waals surface area (Å²) < 4.78 is 12.5. The molecule has 0 N–H and O–H groups in total. The first-order valence-electron chi connectivity index (χ1n) is 9.60. The molecule has 0 saturated carbocycles. The van der Waals surface area contributed by atoms with Crippen molar-refractivity contribution in [2.75, 3.05) is 6.16 Å². The molecule has 0 heterocycles. The third-order valence-corrected chi connectivity index (χ3v) is 6.86. The number of rotatable bonds is 9. The van der Waals surface area contributed by atoms with Crippen molar-refractivity contribution in [1.29, 1.82) is 0 Å². The highest BCUT2D eigenvalue weighted by molar-refractivity contribution is 7.64. The van der Waals surface area contributed by atoms with Gasteiger partial charge in [0.15, 0.2) is 0 Å². The van der Waals surface area contributed by atoms with Crippen molar-refractivity contribution in [3.63, 3.8) is 0 Å². The third kappa shape index (κ3) is 5.42. The molecule has 0 saturated heterocycles. The van der Waals surface area contributed by atoms with Gasteiger partial charge < -0.3 is 4.57 Å². The summed E-state index contributed by atoms with van der Waals surface area (Å²) in [6, 6.07) is 12.5. The van der Waals surface area contributed by atoms with Crippen molar-refractivity contribution in [3.8, 4) is 0 Å². The number of carbonyl (C=O) groups is 1. The molecule has 0 aliphatic heterocycles. The zero-order valence-electron chi connectivity index (χ0n) is 16.5. The summed E-state index contributed by atoms with van der Waals surface area (Å²) in [6.45, 7) is 8.01. The van der Waals surface area contributed by atoms with Gasteiger partial charge in [0.25, 0.3) is 0 Å². The first-order chi connectivity index (χ1) is 12.4. The van der Waals surface area contributed by atoms with E-state index in [1.807, 2.05) is 32.9 Å². The van der Waals surface area contributed by atoms with Gasteiger partial charge in [-0.15, -0.1) is 0 Å². The first-order valence-corrected chi connectivity index (χ1v) is 11.2. The molecule has 1 atom stereocenters. The first kappa shape index (κ1) is 20.6. The maximum atomic E-state index is 12.7. The summed E-state index contributed by atoms with van der Waals surface area (Å²) in [5, 5.41) is 0. The Balaban J connectivity index is 1.79. The fourth-order valence-corrected chi connectivity index (χ4v) is 4.96. The van der Waals surface area contributed by atoms with Crippen LogP contribution in [0.5, 0.6) is 0 Å². The number of carbonyl (C=O) groups excluding carboxylic acids is 1. The second kappa shape index (κ2) is 9.88. The van der Waals surface area contributed by atoms with E-state index in [2.05, 4.69) is 31.2 Å². The van der Waals surface area contributed by atoms with E-state index >= 15 is 0 Å². The van der Waals surface area contributed by atoms with Crippen LogP contribution in [-0.2, 0) is 11.0 Å². The summed E-state index contributed by atoms with van der Waals surface area (Å²) in [4.78, 5) is 12.7. The molecule has 0 aliphatic carbocycles. The van der Waals surface area contributed by atoms with Crippen molar-refractivity contribution in [2.24, 2.45) is 0 Å². The third-order valence-electron chi connectivity index (χ3n) is 5.30. The zero-order valence-corrected chi connectivity index (χ0v) is 17.5. The number of benzene rings is 2. The van der Waals surface area contributed by atoms with E-state index in [0.717, 1.165) is 48.8 Å². The van der Waals surface area contributed by atoms with Crippen LogP contribution in [0.4, 0.5) is 0 Å². The second-order valence-electron chi connectivity index (χ2n) is 7.29. The zero-order chi connectivity index (χ0) is 19.1. The highest BCUT2D eigenvalue weighted by atomic mass is 31.1. The van der Waals surface area contributed by atoms with E-state index in [1.165, 1.54) is 11.1 Å². The van der Waals surface area contributed by atoms with Crippen LogP contribution in [0.15, 0.2) is 36.4 Å². The van der Waals surface area contributed by atoms with Gasteiger partial charge in [0.1, 0.15) is 7.80 Å². The molecule has 0 amide bonds. The minimum absolute atomic E-state index is 0.127. The molecule has 3 heteroatoms. The molecule has 26 heavy (non-hydrogen) atoms. The fraction of sp³-hybridized carbons (Fsp3) is 0.435. The van der Waals surface area contributed by atoms with Crippen LogP contribution in [0, 0.1) is 27.7 Å². The van der Waals surface area contributed by atoms with Gasteiger partial charge in [0.05, 0.1) is 0 Å². The van der Waals surface area contributed by atoms with Crippen LogP contribution in [0.1, 0.15) is 63.9 Å². The Labute approximate surface area is 158 Å². The van der Waals surface area contributed by atoms with E-state index in [9.17, 15) is 9.36 Å². The number of hydrogen-bond donors (Lipinski definition) is 0. The molecule has 0 bridgehead atoms. The molecular formula is C23H31O2P. The second-order valence-corrected chi connectivity index (χ2v) is 9.09. The molecule has 0 radical (unpaired) electrons. The maximum absolute atomic E-state index is 12.7. The van der Waals surface area contributed by atoms with Crippen molar-refractivity contribution < 1.29 is 9.36 Å². The monoisotopic (exact) mass is 370 g/mol. The number of aryl methyl sites for hydroxylation is 3. The van der Waals surface area contributed by atoms with Crippen molar-refractivity contribution in [3.05, 3.63) is 69.8 Å². The SMILES string of the molecule is Cc1cc(C)c(C(=O)[PH](=O)CCCCCCc2ccccc2)c(C)c1C. The smallest absolute Gasteiger partial charge is 0.219 e. The van der Waals surface area contributed by atoms with Crippen LogP contribution in [0.3, 0.4) is 0 Å². The standard InChI is InChI=1S/C23H31O2P/c1-17-16-18(2)22(20(4)19(17)3)23(24)26(25)15-11-6-5-8-12-21-13-9-7-10-14-21/h7,9-10,13-14,16,26H,5-6,8,11-12,15H2,1-4H3. The molecule has 2 rings (SSSR count). The molecule has 140 valence electrons. The highest BCUT2D eigenvalue weighted by Crippen LogP contribution is 2.33. The quantitative estimate of drug-likeness (QED) is 0.377. The summed E-state index contributed by atoms with van der Waals surface area (Å²) in [5.74, 6) is 0. The van der Waals surface area contributed by atoms with E-state index in [4.69, 9.17) is 0 Å². The predicted molar refractivity (Wildman–Crippen MR) is 112 cm³/mol. The Morgan fingerprint density at radius 1 is 0.846 bits per heavy atom. The van der Waals surface area contributed by atoms with Gasteiger partial charge in [-0.05, 0) is 74.8 Å². The Morgan fingerprint density at radius 3 is 2.19 bits per heavy atom. The predicted octanol–water partition coefficient (Wildman–Crippen LogP) is 6.42. The normalized spacial score (nSPS) is 12.2. The lowest BCUT2D eigenvalue weighted by atomic mass is 9.95. The molecule has 2 nitrogen and oxygen atoms in total. The molecule has 2 aromatic rings. The van der Waals surface area contributed by atoms with E-state index in [1.54, 1.807) is 0 Å². The van der Waals surface area contributed by atoms with Crippen LogP contribution >= 0.6 is 7.80 Å². The van der Waals surface area contributed by atoms with Gasteiger partial charge in [-0.25, -0.2) is 0 Å². The van der Waals surface area contributed by atoms with Gasteiger partial charge in [0.2, 0.25) is 5.52 Å². The molecule has 0 aromatic heterocycles. The van der Waals surface area contributed by atoms with Crippen LogP contribution in [0.2, 0.25) is 0 Å².